The van der Waals surface area contributed by atoms with E-state index in [1.807, 2.05) is 51.1 Å². The van der Waals surface area contributed by atoms with Crippen LogP contribution < -0.4 is 0 Å². The van der Waals surface area contributed by atoms with E-state index >= 15 is 0 Å². The first-order valence-electron chi connectivity index (χ1n) is 6.85. The van der Waals surface area contributed by atoms with E-state index in [1.54, 1.807) is 0 Å². The van der Waals surface area contributed by atoms with Crippen LogP contribution in [0.15, 0.2) is 35.5 Å². The Morgan fingerprint density at radius 3 is 2.37 bits per heavy atom. The first kappa shape index (κ1) is 15.4. The molecule has 104 valence electrons. The maximum Gasteiger partial charge on any atom is 0.340 e. The summed E-state index contributed by atoms with van der Waals surface area (Å²) in [6.07, 6.45) is 2.49. The fourth-order valence-electron chi connectivity index (χ4n) is 1.47. The smallest absolute Gasteiger partial charge is 0.317 e. The van der Waals surface area contributed by atoms with Gasteiger partial charge in [-0.2, -0.15) is 0 Å². The monoisotopic (exact) mass is 261 g/mol. The Kier molecular flexibility index (Phi) is 5.74. The number of carbonyl (C=O) groups is 1. The Morgan fingerprint density at radius 2 is 1.84 bits per heavy atom. The molecule has 0 bridgehead atoms. The van der Waals surface area contributed by atoms with E-state index in [2.05, 4.69) is 12.1 Å². The summed E-state index contributed by atoms with van der Waals surface area (Å²) in [5.74, 6) is -0.278. The molecule has 0 N–H and O–H groups in total. The van der Waals surface area contributed by atoms with Crippen LogP contribution in [0.4, 0.5) is 0 Å². The molecule has 0 amide bonds. The zero-order chi connectivity index (χ0) is 14.3. The average molecular weight is 261 g/mol. The number of hydrogen-bond acceptors (Lipinski definition) is 3. The number of nitrogens with zero attached hydrogens (tertiary/aromatic N) is 1. The van der Waals surface area contributed by atoms with E-state index in [4.69, 9.17) is 4.84 Å². The molecular formula is C16H23NO2. The topological polar surface area (TPSA) is 38.7 Å². The van der Waals surface area contributed by atoms with Crippen molar-refractivity contribution >= 4 is 11.7 Å². The summed E-state index contributed by atoms with van der Waals surface area (Å²) in [7, 11) is 0. The van der Waals surface area contributed by atoms with Gasteiger partial charge in [0.25, 0.3) is 0 Å². The fraction of sp³-hybridized carbons (Fsp3) is 0.500. The lowest BCUT2D eigenvalue weighted by Gasteiger charge is -2.17. The first-order chi connectivity index (χ1) is 9.01. The van der Waals surface area contributed by atoms with Crippen LogP contribution in [0.2, 0.25) is 0 Å². The van der Waals surface area contributed by atoms with Crippen LogP contribution in [-0.4, -0.2) is 11.7 Å². The summed E-state index contributed by atoms with van der Waals surface area (Å²) >= 11 is 0. The summed E-state index contributed by atoms with van der Waals surface area (Å²) in [5, 5.41) is 4.06. The Morgan fingerprint density at radius 1 is 1.21 bits per heavy atom. The van der Waals surface area contributed by atoms with Crippen LogP contribution in [-0.2, 0) is 9.63 Å². The summed E-state index contributed by atoms with van der Waals surface area (Å²) in [6, 6.07) is 9.83. The summed E-state index contributed by atoms with van der Waals surface area (Å²) in [5.41, 5.74) is 1.34. The Hall–Kier alpha value is -1.64. The third kappa shape index (κ3) is 4.51. The van der Waals surface area contributed by atoms with Gasteiger partial charge in [0.15, 0.2) is 0 Å². The van der Waals surface area contributed by atoms with E-state index in [0.29, 0.717) is 0 Å². The summed E-state index contributed by atoms with van der Waals surface area (Å²) in [4.78, 5) is 17.0. The molecule has 0 atom stereocenters. The van der Waals surface area contributed by atoms with Crippen molar-refractivity contribution in [2.45, 2.75) is 47.0 Å². The number of oxime groups is 1. The number of carbonyl (C=O) groups excluding carboxylic acids is 1. The molecule has 0 saturated heterocycles. The lowest BCUT2D eigenvalue weighted by Crippen LogP contribution is -2.24. The van der Waals surface area contributed by atoms with Gasteiger partial charge in [-0.1, -0.05) is 55.8 Å². The highest BCUT2D eigenvalue weighted by Gasteiger charge is 2.27. The molecule has 0 aliphatic heterocycles. The maximum atomic E-state index is 11.9. The second-order valence-electron chi connectivity index (χ2n) is 5.27. The van der Waals surface area contributed by atoms with Crippen LogP contribution in [0.3, 0.4) is 0 Å². The second-order valence-corrected chi connectivity index (χ2v) is 5.27. The Bertz CT molecular complexity index is 435. The van der Waals surface area contributed by atoms with Crippen LogP contribution in [0.1, 0.15) is 52.5 Å². The van der Waals surface area contributed by atoms with E-state index < -0.39 is 5.41 Å². The largest absolute Gasteiger partial charge is 0.340 e. The molecule has 3 nitrogen and oxygen atoms in total. The zero-order valence-corrected chi connectivity index (χ0v) is 12.3. The van der Waals surface area contributed by atoms with E-state index in [-0.39, 0.29) is 5.97 Å². The molecule has 0 heterocycles. The van der Waals surface area contributed by atoms with Crippen LogP contribution in [0.25, 0.3) is 0 Å². The van der Waals surface area contributed by atoms with Gasteiger partial charge in [0, 0.05) is 0 Å². The van der Waals surface area contributed by atoms with Gasteiger partial charge in [0.05, 0.1) is 11.1 Å². The van der Waals surface area contributed by atoms with Crippen LogP contribution >= 0.6 is 0 Å². The molecule has 0 unspecified atom stereocenters. The SMILES string of the molecule is CCC/C(=N\OC(=O)C(C)(C)CC)c1ccccc1. The van der Waals surface area contributed by atoms with Crippen molar-refractivity contribution in [1.82, 2.24) is 0 Å². The molecule has 0 aliphatic rings. The number of hydrogen-bond donors (Lipinski definition) is 0. The predicted octanol–water partition coefficient (Wildman–Crippen LogP) is 4.17. The van der Waals surface area contributed by atoms with E-state index in [1.165, 1.54) is 0 Å². The van der Waals surface area contributed by atoms with Gasteiger partial charge in [-0.15, -0.1) is 0 Å². The first-order valence-corrected chi connectivity index (χ1v) is 6.85. The highest BCUT2D eigenvalue weighted by Crippen LogP contribution is 2.21. The third-order valence-corrected chi connectivity index (χ3v) is 3.27. The standard InChI is InChI=1S/C16H23NO2/c1-5-10-14(13-11-8-7-9-12-13)17-19-15(18)16(3,4)6-2/h7-9,11-12H,5-6,10H2,1-4H3/b17-14+. The molecule has 3 heteroatoms. The lowest BCUT2D eigenvalue weighted by molar-refractivity contribution is -0.154. The van der Waals surface area contributed by atoms with Gasteiger partial charge in [0.2, 0.25) is 0 Å². The molecular weight excluding hydrogens is 238 g/mol. The fourth-order valence-corrected chi connectivity index (χ4v) is 1.47. The van der Waals surface area contributed by atoms with Crippen molar-refractivity contribution in [2.24, 2.45) is 10.6 Å². The molecule has 0 fully saturated rings. The molecule has 0 radical (unpaired) electrons. The second kappa shape index (κ2) is 7.07. The molecule has 0 aromatic heterocycles. The normalized spacial score (nSPS) is 12.3. The molecule has 19 heavy (non-hydrogen) atoms. The molecule has 1 aromatic rings. The van der Waals surface area contributed by atoms with Crippen molar-refractivity contribution in [1.29, 1.82) is 0 Å². The van der Waals surface area contributed by atoms with Crippen molar-refractivity contribution in [2.75, 3.05) is 0 Å². The van der Waals surface area contributed by atoms with E-state index in [0.717, 1.165) is 30.5 Å². The molecule has 0 saturated carbocycles. The van der Waals surface area contributed by atoms with Gasteiger partial charge in [0.1, 0.15) is 0 Å². The average Bonchev–Trinajstić information content (AvgIpc) is 2.44. The van der Waals surface area contributed by atoms with Gasteiger partial charge < -0.3 is 4.84 Å². The van der Waals surface area contributed by atoms with E-state index in [9.17, 15) is 4.79 Å². The number of benzene rings is 1. The van der Waals surface area contributed by atoms with Crippen LogP contribution in [0.5, 0.6) is 0 Å². The highest BCUT2D eigenvalue weighted by molar-refractivity contribution is 6.00. The predicted molar refractivity (Wildman–Crippen MR) is 78.1 cm³/mol. The van der Waals surface area contributed by atoms with Gasteiger partial charge in [-0.05, 0) is 32.3 Å². The molecule has 1 aromatic carbocycles. The van der Waals surface area contributed by atoms with Crippen molar-refractivity contribution in [3.8, 4) is 0 Å². The van der Waals surface area contributed by atoms with Gasteiger partial charge in [-0.3, -0.25) is 0 Å². The maximum absolute atomic E-state index is 11.9. The van der Waals surface area contributed by atoms with Gasteiger partial charge in [-0.25, -0.2) is 4.79 Å². The minimum absolute atomic E-state index is 0.278. The van der Waals surface area contributed by atoms with Crippen molar-refractivity contribution < 1.29 is 9.63 Å². The lowest BCUT2D eigenvalue weighted by atomic mass is 9.91. The number of rotatable bonds is 6. The zero-order valence-electron chi connectivity index (χ0n) is 12.3. The highest BCUT2D eigenvalue weighted by atomic mass is 16.7. The molecule has 0 spiro atoms. The Balaban J connectivity index is 2.83. The minimum Gasteiger partial charge on any atom is -0.317 e. The van der Waals surface area contributed by atoms with Crippen molar-refractivity contribution in [3.05, 3.63) is 35.9 Å². The van der Waals surface area contributed by atoms with Crippen molar-refractivity contribution in [3.63, 3.8) is 0 Å². The molecule has 1 rings (SSSR count). The third-order valence-electron chi connectivity index (χ3n) is 3.27. The molecule has 0 aliphatic carbocycles. The quantitative estimate of drug-likeness (QED) is 0.438. The Labute approximate surface area is 115 Å². The van der Waals surface area contributed by atoms with Gasteiger partial charge >= 0.3 is 5.97 Å². The minimum atomic E-state index is -0.489. The summed E-state index contributed by atoms with van der Waals surface area (Å²) in [6.45, 7) is 7.78. The van der Waals surface area contributed by atoms with Crippen LogP contribution in [0, 0.1) is 5.41 Å². The summed E-state index contributed by atoms with van der Waals surface area (Å²) < 4.78 is 0.